The van der Waals surface area contributed by atoms with Crippen molar-refractivity contribution in [3.63, 3.8) is 0 Å². The number of benzene rings is 2. The van der Waals surface area contributed by atoms with Crippen LogP contribution in [-0.2, 0) is 13.1 Å². The fourth-order valence-corrected chi connectivity index (χ4v) is 3.08. The van der Waals surface area contributed by atoms with Crippen molar-refractivity contribution in [2.45, 2.75) is 13.1 Å². The number of nitrogens with zero attached hydrogens (tertiary/aromatic N) is 1. The third kappa shape index (κ3) is 2.62. The minimum atomic E-state index is 0.531. The molecule has 2 aromatic carbocycles. The third-order valence-corrected chi connectivity index (χ3v) is 4.12. The zero-order chi connectivity index (χ0) is 14.1. The first-order valence-electron chi connectivity index (χ1n) is 6.39. The summed E-state index contributed by atoms with van der Waals surface area (Å²) in [5.41, 5.74) is 9.34. The van der Waals surface area contributed by atoms with Crippen LogP contribution in [-0.4, -0.2) is 4.57 Å². The van der Waals surface area contributed by atoms with Gasteiger partial charge < -0.3 is 10.3 Å². The van der Waals surface area contributed by atoms with Crippen molar-refractivity contribution in [1.82, 2.24) is 4.57 Å². The lowest BCUT2D eigenvalue weighted by Crippen LogP contribution is -1.98. The first-order chi connectivity index (χ1) is 9.67. The Morgan fingerprint density at radius 3 is 2.75 bits per heavy atom. The van der Waals surface area contributed by atoms with E-state index in [4.69, 9.17) is 17.3 Å². The molecule has 2 N–H and O–H groups in total. The first-order valence-corrected chi connectivity index (χ1v) is 7.56. The molecule has 0 aliphatic carbocycles. The van der Waals surface area contributed by atoms with E-state index in [1.165, 1.54) is 10.9 Å². The van der Waals surface area contributed by atoms with Crippen LogP contribution in [0.5, 0.6) is 0 Å². The summed E-state index contributed by atoms with van der Waals surface area (Å²) in [6.45, 7) is 1.33. The quantitative estimate of drug-likeness (QED) is 0.738. The van der Waals surface area contributed by atoms with Gasteiger partial charge in [0, 0.05) is 34.2 Å². The number of hydrogen-bond donors (Lipinski definition) is 1. The monoisotopic (exact) mass is 348 g/mol. The molecule has 0 aliphatic rings. The van der Waals surface area contributed by atoms with Crippen LogP contribution in [0, 0.1) is 0 Å². The predicted octanol–water partition coefficient (Wildman–Crippen LogP) is 4.56. The summed E-state index contributed by atoms with van der Waals surface area (Å²) in [4.78, 5) is 0. The van der Waals surface area contributed by atoms with Gasteiger partial charge in [-0.1, -0.05) is 45.7 Å². The summed E-state index contributed by atoms with van der Waals surface area (Å²) in [6.07, 6.45) is 2.11. The maximum absolute atomic E-state index is 6.12. The zero-order valence-electron chi connectivity index (χ0n) is 10.8. The molecule has 0 unspecified atom stereocenters. The van der Waals surface area contributed by atoms with Crippen molar-refractivity contribution in [2.24, 2.45) is 5.73 Å². The molecule has 2 nitrogen and oxygen atoms in total. The van der Waals surface area contributed by atoms with Gasteiger partial charge in [0.2, 0.25) is 0 Å². The molecule has 3 aromatic rings. The molecule has 3 rings (SSSR count). The molecule has 0 amide bonds. The number of fused-ring (bicyclic) bond motifs is 1. The van der Waals surface area contributed by atoms with Crippen molar-refractivity contribution in [3.8, 4) is 0 Å². The van der Waals surface area contributed by atoms with Crippen LogP contribution in [0.25, 0.3) is 10.9 Å². The van der Waals surface area contributed by atoms with E-state index in [2.05, 4.69) is 38.8 Å². The number of hydrogen-bond acceptors (Lipinski definition) is 1. The van der Waals surface area contributed by atoms with Gasteiger partial charge in [0.25, 0.3) is 0 Å². The van der Waals surface area contributed by atoms with Gasteiger partial charge in [0.1, 0.15) is 0 Å². The Bertz CT molecular complexity index is 764. The highest BCUT2D eigenvalue weighted by Crippen LogP contribution is 2.25. The minimum Gasteiger partial charge on any atom is -0.343 e. The topological polar surface area (TPSA) is 30.9 Å². The molecule has 0 saturated heterocycles. The Kier molecular flexibility index (Phi) is 3.83. The molecule has 0 fully saturated rings. The smallest absolute Gasteiger partial charge is 0.0501 e. The van der Waals surface area contributed by atoms with E-state index in [9.17, 15) is 0 Å². The Morgan fingerprint density at radius 1 is 1.15 bits per heavy atom. The summed E-state index contributed by atoms with van der Waals surface area (Å²) in [5.74, 6) is 0. The molecular weight excluding hydrogens is 336 g/mol. The van der Waals surface area contributed by atoms with Crippen molar-refractivity contribution < 1.29 is 0 Å². The fraction of sp³-hybridized carbons (Fsp3) is 0.125. The molecule has 102 valence electrons. The average Bonchev–Trinajstić information content (AvgIpc) is 2.76. The van der Waals surface area contributed by atoms with E-state index in [-0.39, 0.29) is 0 Å². The molecule has 0 radical (unpaired) electrons. The van der Waals surface area contributed by atoms with Gasteiger partial charge in [-0.2, -0.15) is 0 Å². The van der Waals surface area contributed by atoms with Crippen LogP contribution in [0.4, 0.5) is 0 Å². The summed E-state index contributed by atoms with van der Waals surface area (Å²) < 4.78 is 3.29. The van der Waals surface area contributed by atoms with Crippen molar-refractivity contribution in [2.75, 3.05) is 0 Å². The standard InChI is InChI=1S/C16H14BrClN2/c17-13-3-1-2-11(6-13)9-20-10-12(8-19)15-5-4-14(18)7-16(15)20/h1-7,10H,8-9,19H2. The highest BCUT2D eigenvalue weighted by atomic mass is 79.9. The van der Waals surface area contributed by atoms with Gasteiger partial charge in [-0.25, -0.2) is 0 Å². The fourth-order valence-electron chi connectivity index (χ4n) is 2.47. The molecule has 0 atom stereocenters. The Labute approximate surface area is 131 Å². The van der Waals surface area contributed by atoms with E-state index < -0.39 is 0 Å². The van der Waals surface area contributed by atoms with Crippen LogP contribution in [0.3, 0.4) is 0 Å². The lowest BCUT2D eigenvalue weighted by molar-refractivity contribution is 0.829. The Morgan fingerprint density at radius 2 is 2.00 bits per heavy atom. The van der Waals surface area contributed by atoms with Crippen LogP contribution < -0.4 is 5.73 Å². The molecule has 20 heavy (non-hydrogen) atoms. The second kappa shape index (κ2) is 5.60. The lowest BCUT2D eigenvalue weighted by atomic mass is 10.2. The Balaban J connectivity index is 2.09. The highest BCUT2D eigenvalue weighted by Gasteiger charge is 2.08. The zero-order valence-corrected chi connectivity index (χ0v) is 13.2. The van der Waals surface area contributed by atoms with Crippen molar-refractivity contribution in [1.29, 1.82) is 0 Å². The van der Waals surface area contributed by atoms with Gasteiger partial charge in [0.05, 0.1) is 5.52 Å². The van der Waals surface area contributed by atoms with Crippen LogP contribution in [0.1, 0.15) is 11.1 Å². The highest BCUT2D eigenvalue weighted by molar-refractivity contribution is 9.10. The number of aromatic nitrogens is 1. The van der Waals surface area contributed by atoms with Crippen LogP contribution >= 0.6 is 27.5 Å². The van der Waals surface area contributed by atoms with Crippen LogP contribution in [0.15, 0.2) is 53.1 Å². The summed E-state index contributed by atoms with van der Waals surface area (Å²) in [5, 5.41) is 1.92. The lowest BCUT2D eigenvalue weighted by Gasteiger charge is -2.06. The predicted molar refractivity (Wildman–Crippen MR) is 88.1 cm³/mol. The maximum Gasteiger partial charge on any atom is 0.0501 e. The van der Waals surface area contributed by atoms with Gasteiger partial charge >= 0.3 is 0 Å². The summed E-state index contributed by atoms with van der Waals surface area (Å²) in [7, 11) is 0. The number of halogens is 2. The number of rotatable bonds is 3. The van der Waals surface area contributed by atoms with Crippen molar-refractivity contribution >= 4 is 38.4 Å². The van der Waals surface area contributed by atoms with E-state index in [0.29, 0.717) is 6.54 Å². The average molecular weight is 350 g/mol. The molecule has 1 heterocycles. The van der Waals surface area contributed by atoms with E-state index in [1.807, 2.05) is 30.3 Å². The molecule has 1 aromatic heterocycles. The van der Waals surface area contributed by atoms with Gasteiger partial charge in [-0.3, -0.25) is 0 Å². The molecule has 0 bridgehead atoms. The SMILES string of the molecule is NCc1cn(Cc2cccc(Br)c2)c2cc(Cl)ccc12. The van der Waals surface area contributed by atoms with E-state index in [1.54, 1.807) is 0 Å². The third-order valence-electron chi connectivity index (χ3n) is 3.39. The molecule has 0 spiro atoms. The molecular formula is C16H14BrClN2. The first kappa shape index (κ1) is 13.7. The Hall–Kier alpha value is -1.29. The van der Waals surface area contributed by atoms with Gasteiger partial charge in [-0.15, -0.1) is 0 Å². The molecule has 0 aliphatic heterocycles. The number of nitrogens with two attached hydrogens (primary N) is 1. The van der Waals surface area contributed by atoms with Gasteiger partial charge in [-0.05, 0) is 35.4 Å². The summed E-state index contributed by atoms with van der Waals surface area (Å²) in [6, 6.07) is 14.3. The maximum atomic E-state index is 6.12. The van der Waals surface area contributed by atoms with Crippen LogP contribution in [0.2, 0.25) is 5.02 Å². The second-order valence-electron chi connectivity index (χ2n) is 4.78. The van der Waals surface area contributed by atoms with E-state index in [0.717, 1.165) is 27.1 Å². The summed E-state index contributed by atoms with van der Waals surface area (Å²) >= 11 is 9.62. The van der Waals surface area contributed by atoms with Gasteiger partial charge in [0.15, 0.2) is 0 Å². The molecule has 0 saturated carbocycles. The largest absolute Gasteiger partial charge is 0.343 e. The second-order valence-corrected chi connectivity index (χ2v) is 6.13. The minimum absolute atomic E-state index is 0.531. The molecule has 4 heteroatoms. The normalized spacial score (nSPS) is 11.2. The van der Waals surface area contributed by atoms with Crippen molar-refractivity contribution in [3.05, 3.63) is 69.3 Å². The van der Waals surface area contributed by atoms with E-state index >= 15 is 0 Å².